The van der Waals surface area contributed by atoms with Crippen molar-refractivity contribution in [2.24, 2.45) is 0 Å². The fourth-order valence-corrected chi connectivity index (χ4v) is 1.18. The van der Waals surface area contributed by atoms with Crippen LogP contribution in [0.1, 0.15) is 10.4 Å². The highest BCUT2D eigenvalue weighted by Gasteiger charge is 2.20. The first-order valence-electron chi connectivity index (χ1n) is 4.31. The zero-order valence-corrected chi connectivity index (χ0v) is 8.81. The Morgan fingerprint density at radius 3 is 2.75 bits per heavy atom. The number of nitrogens with zero attached hydrogens (tertiary/aromatic N) is 1. The summed E-state index contributed by atoms with van der Waals surface area (Å²) in [6.07, 6.45) is 1.40. The fraction of sp³-hybridized carbons (Fsp3) is 0.222. The molecule has 0 radical (unpaired) electrons. The van der Waals surface area contributed by atoms with E-state index in [9.17, 15) is 9.59 Å². The van der Waals surface area contributed by atoms with Gasteiger partial charge in [0.15, 0.2) is 6.04 Å². The summed E-state index contributed by atoms with van der Waals surface area (Å²) in [5.74, 6) is -2.02. The Bertz CT molecular complexity index is 410. The number of amides is 1. The van der Waals surface area contributed by atoms with Gasteiger partial charge in [0.05, 0.1) is 12.2 Å². The SMILES string of the molecule is O=C(N[C@@H](CO)C(=O)O)c1cccnc1Cl. The second-order valence-corrected chi connectivity index (χ2v) is 3.25. The number of aromatic nitrogens is 1. The number of halogens is 1. The van der Waals surface area contributed by atoms with E-state index in [0.29, 0.717) is 0 Å². The summed E-state index contributed by atoms with van der Waals surface area (Å²) in [6.45, 7) is -0.695. The number of aliphatic carboxylic acids is 1. The number of carboxylic acids is 1. The smallest absolute Gasteiger partial charge is 0.328 e. The van der Waals surface area contributed by atoms with Crippen LogP contribution in [0.5, 0.6) is 0 Å². The van der Waals surface area contributed by atoms with Crippen molar-refractivity contribution in [3.63, 3.8) is 0 Å². The molecule has 0 bridgehead atoms. The van der Waals surface area contributed by atoms with Crippen molar-refractivity contribution in [2.45, 2.75) is 6.04 Å². The molecule has 1 heterocycles. The van der Waals surface area contributed by atoms with Crippen molar-refractivity contribution in [3.05, 3.63) is 29.0 Å². The van der Waals surface area contributed by atoms with Crippen LogP contribution in [0.4, 0.5) is 0 Å². The Labute approximate surface area is 95.9 Å². The normalized spacial score (nSPS) is 11.9. The number of nitrogens with one attached hydrogen (secondary N) is 1. The number of rotatable bonds is 4. The van der Waals surface area contributed by atoms with Crippen LogP contribution in [0.3, 0.4) is 0 Å². The van der Waals surface area contributed by atoms with E-state index in [2.05, 4.69) is 10.3 Å². The maximum Gasteiger partial charge on any atom is 0.328 e. The van der Waals surface area contributed by atoms with Crippen LogP contribution in [-0.2, 0) is 4.79 Å². The molecule has 0 aliphatic carbocycles. The Balaban J connectivity index is 2.80. The molecular weight excluding hydrogens is 236 g/mol. The third-order valence-electron chi connectivity index (χ3n) is 1.79. The number of carbonyl (C=O) groups excluding carboxylic acids is 1. The van der Waals surface area contributed by atoms with Crippen LogP contribution in [0.2, 0.25) is 5.15 Å². The van der Waals surface area contributed by atoms with E-state index in [-0.39, 0.29) is 10.7 Å². The minimum Gasteiger partial charge on any atom is -0.480 e. The van der Waals surface area contributed by atoms with Gasteiger partial charge in [-0.05, 0) is 12.1 Å². The second-order valence-electron chi connectivity index (χ2n) is 2.89. The van der Waals surface area contributed by atoms with Crippen molar-refractivity contribution in [1.82, 2.24) is 10.3 Å². The van der Waals surface area contributed by atoms with Crippen LogP contribution >= 0.6 is 11.6 Å². The third-order valence-corrected chi connectivity index (χ3v) is 2.09. The number of aliphatic hydroxyl groups excluding tert-OH is 1. The van der Waals surface area contributed by atoms with Gasteiger partial charge in [-0.15, -0.1) is 0 Å². The Hall–Kier alpha value is -1.66. The van der Waals surface area contributed by atoms with Crippen molar-refractivity contribution < 1.29 is 19.8 Å². The molecule has 1 aromatic heterocycles. The summed E-state index contributed by atoms with van der Waals surface area (Å²) in [6, 6.07) is 1.54. The number of carboxylic acid groups (broad SMARTS) is 1. The molecule has 0 aliphatic heterocycles. The highest BCUT2D eigenvalue weighted by Crippen LogP contribution is 2.11. The molecule has 3 N–H and O–H groups in total. The van der Waals surface area contributed by atoms with E-state index in [1.807, 2.05) is 0 Å². The van der Waals surface area contributed by atoms with Gasteiger partial charge in [-0.3, -0.25) is 4.79 Å². The highest BCUT2D eigenvalue weighted by molar-refractivity contribution is 6.32. The Morgan fingerprint density at radius 2 is 2.25 bits per heavy atom. The maximum atomic E-state index is 11.5. The Kier molecular flexibility index (Phi) is 4.21. The van der Waals surface area contributed by atoms with Gasteiger partial charge in [-0.25, -0.2) is 9.78 Å². The number of aliphatic hydroxyl groups is 1. The number of pyridine rings is 1. The van der Waals surface area contributed by atoms with Gasteiger partial charge in [0, 0.05) is 6.20 Å². The first-order chi connectivity index (χ1) is 7.56. The zero-order valence-electron chi connectivity index (χ0n) is 8.05. The van der Waals surface area contributed by atoms with Gasteiger partial charge >= 0.3 is 5.97 Å². The molecule has 0 aliphatic rings. The predicted octanol–water partition coefficient (Wildman–Crippen LogP) is -0.0897. The molecule has 0 saturated heterocycles. The monoisotopic (exact) mass is 244 g/mol. The molecule has 7 heteroatoms. The largest absolute Gasteiger partial charge is 0.480 e. The van der Waals surface area contributed by atoms with E-state index in [0.717, 1.165) is 0 Å². The van der Waals surface area contributed by atoms with Crippen LogP contribution in [-0.4, -0.2) is 39.7 Å². The molecule has 0 spiro atoms. The summed E-state index contributed by atoms with van der Waals surface area (Å²) < 4.78 is 0. The predicted molar refractivity (Wildman–Crippen MR) is 55.2 cm³/mol. The molecule has 0 saturated carbocycles. The lowest BCUT2D eigenvalue weighted by Crippen LogP contribution is -2.43. The van der Waals surface area contributed by atoms with Crippen molar-refractivity contribution in [1.29, 1.82) is 0 Å². The molecule has 1 atom stereocenters. The summed E-state index contributed by atoms with van der Waals surface area (Å²) in [5.41, 5.74) is 0.0591. The van der Waals surface area contributed by atoms with Gasteiger partial charge in [0.25, 0.3) is 5.91 Å². The summed E-state index contributed by atoms with van der Waals surface area (Å²) in [4.78, 5) is 25.8. The summed E-state index contributed by atoms with van der Waals surface area (Å²) >= 11 is 5.64. The average molecular weight is 245 g/mol. The lowest BCUT2D eigenvalue weighted by molar-refractivity contribution is -0.140. The average Bonchev–Trinajstić information content (AvgIpc) is 2.25. The van der Waals surface area contributed by atoms with Gasteiger partial charge in [-0.1, -0.05) is 11.6 Å². The number of hydrogen-bond acceptors (Lipinski definition) is 4. The maximum absolute atomic E-state index is 11.5. The highest BCUT2D eigenvalue weighted by atomic mass is 35.5. The molecule has 0 aromatic carbocycles. The quantitative estimate of drug-likeness (QED) is 0.643. The summed E-state index contributed by atoms with van der Waals surface area (Å²) in [7, 11) is 0. The van der Waals surface area contributed by atoms with Gasteiger partial charge in [-0.2, -0.15) is 0 Å². The van der Waals surface area contributed by atoms with E-state index in [1.54, 1.807) is 0 Å². The van der Waals surface area contributed by atoms with Crippen molar-refractivity contribution >= 4 is 23.5 Å². The fourth-order valence-electron chi connectivity index (χ4n) is 0.977. The van der Waals surface area contributed by atoms with E-state index < -0.39 is 24.5 Å². The van der Waals surface area contributed by atoms with E-state index in [4.69, 9.17) is 21.8 Å². The van der Waals surface area contributed by atoms with Gasteiger partial charge in [0.1, 0.15) is 5.15 Å². The molecule has 0 unspecified atom stereocenters. The summed E-state index contributed by atoms with van der Waals surface area (Å²) in [5, 5.41) is 19.4. The van der Waals surface area contributed by atoms with Gasteiger partial charge in [0.2, 0.25) is 0 Å². The first-order valence-corrected chi connectivity index (χ1v) is 4.69. The molecule has 1 amide bonds. The second kappa shape index (κ2) is 5.43. The number of carbonyl (C=O) groups is 2. The molecule has 16 heavy (non-hydrogen) atoms. The van der Waals surface area contributed by atoms with Gasteiger partial charge < -0.3 is 15.5 Å². The van der Waals surface area contributed by atoms with E-state index in [1.165, 1.54) is 18.3 Å². The lowest BCUT2D eigenvalue weighted by Gasteiger charge is -2.11. The third kappa shape index (κ3) is 2.91. The first kappa shape index (κ1) is 12.4. The standard InChI is InChI=1S/C9H9ClN2O4/c10-7-5(2-1-3-11-7)8(14)12-6(4-13)9(15)16/h1-3,6,13H,4H2,(H,12,14)(H,15,16)/t6-/m0/s1. The molecule has 1 rings (SSSR count). The van der Waals surface area contributed by atoms with Crippen molar-refractivity contribution in [2.75, 3.05) is 6.61 Å². The minimum atomic E-state index is -1.36. The van der Waals surface area contributed by atoms with E-state index >= 15 is 0 Å². The molecule has 86 valence electrons. The minimum absolute atomic E-state index is 0.0259. The number of hydrogen-bond donors (Lipinski definition) is 3. The Morgan fingerprint density at radius 1 is 1.56 bits per heavy atom. The van der Waals surface area contributed by atoms with Crippen molar-refractivity contribution in [3.8, 4) is 0 Å². The molecule has 1 aromatic rings. The van der Waals surface area contributed by atoms with Crippen LogP contribution in [0, 0.1) is 0 Å². The van der Waals surface area contributed by atoms with Crippen LogP contribution in [0.25, 0.3) is 0 Å². The van der Waals surface area contributed by atoms with Crippen LogP contribution < -0.4 is 5.32 Å². The van der Waals surface area contributed by atoms with Crippen LogP contribution in [0.15, 0.2) is 18.3 Å². The molecular formula is C9H9ClN2O4. The topological polar surface area (TPSA) is 99.5 Å². The molecule has 0 fully saturated rings. The lowest BCUT2D eigenvalue weighted by atomic mass is 10.2. The zero-order chi connectivity index (χ0) is 12.1. The molecule has 6 nitrogen and oxygen atoms in total.